The fraction of sp³-hybridized carbons (Fsp3) is 0.259. The average Bonchev–Trinajstić information content (AvgIpc) is 3.36. The summed E-state index contributed by atoms with van der Waals surface area (Å²) in [4.78, 5) is 28.0. The molecule has 0 saturated heterocycles. The van der Waals surface area contributed by atoms with Crippen LogP contribution in [0.4, 0.5) is 11.4 Å². The summed E-state index contributed by atoms with van der Waals surface area (Å²) in [5.41, 5.74) is 6.25. The van der Waals surface area contributed by atoms with Gasteiger partial charge in [-0.15, -0.1) is 0 Å². The second kappa shape index (κ2) is 8.98. The summed E-state index contributed by atoms with van der Waals surface area (Å²) in [6.45, 7) is 4.63. The molecule has 1 aliphatic rings. The Morgan fingerprint density at radius 2 is 1.61 bits per heavy atom. The van der Waals surface area contributed by atoms with Crippen molar-refractivity contribution in [2.24, 2.45) is 0 Å². The number of hydrogen-bond acceptors (Lipinski definition) is 3. The standard InChI is InChI=1S/C27H28N4O2/c1-2-30-24-13-7-8-14-25(24)31(27(30)33)18-16-26(32)28-22-11-5-3-10-21(22)19-29-17-15-20-9-4-6-12-23(20)29/h3-14H,2,15-19H2,1H3,(H,28,32). The Bertz CT molecular complexity index is 1370. The number of imidazole rings is 1. The van der Waals surface area contributed by atoms with E-state index in [4.69, 9.17) is 0 Å². The zero-order valence-electron chi connectivity index (χ0n) is 18.8. The Balaban J connectivity index is 1.30. The van der Waals surface area contributed by atoms with E-state index in [1.165, 1.54) is 11.3 Å². The van der Waals surface area contributed by atoms with E-state index in [0.717, 1.165) is 41.8 Å². The minimum absolute atomic E-state index is 0.0698. The number of rotatable bonds is 7. The number of anilines is 2. The maximum atomic E-state index is 12.9. The first-order valence-electron chi connectivity index (χ1n) is 11.5. The van der Waals surface area contributed by atoms with Crippen molar-refractivity contribution in [1.82, 2.24) is 9.13 Å². The molecule has 0 radical (unpaired) electrons. The number of benzene rings is 3. The van der Waals surface area contributed by atoms with Crippen LogP contribution >= 0.6 is 0 Å². The first-order chi connectivity index (χ1) is 16.2. The lowest BCUT2D eigenvalue weighted by atomic mass is 10.1. The number of hydrogen-bond donors (Lipinski definition) is 1. The fourth-order valence-corrected chi connectivity index (χ4v) is 4.78. The second-order valence-corrected chi connectivity index (χ2v) is 8.42. The molecular weight excluding hydrogens is 412 g/mol. The van der Waals surface area contributed by atoms with Gasteiger partial charge >= 0.3 is 5.69 Å². The molecule has 0 atom stereocenters. The van der Waals surface area contributed by atoms with Gasteiger partial charge in [0.1, 0.15) is 0 Å². The lowest BCUT2D eigenvalue weighted by Gasteiger charge is -2.21. The number of aromatic nitrogens is 2. The highest BCUT2D eigenvalue weighted by Gasteiger charge is 2.20. The molecule has 168 valence electrons. The minimum Gasteiger partial charge on any atom is -0.367 e. The summed E-state index contributed by atoms with van der Waals surface area (Å²) in [6, 6.07) is 24.2. The molecule has 0 unspecified atom stereocenters. The van der Waals surface area contributed by atoms with Crippen LogP contribution in [0.15, 0.2) is 77.6 Å². The largest absolute Gasteiger partial charge is 0.367 e. The number of nitrogens with one attached hydrogen (secondary N) is 1. The molecule has 1 amide bonds. The van der Waals surface area contributed by atoms with E-state index in [1.54, 1.807) is 9.13 Å². The van der Waals surface area contributed by atoms with Crippen LogP contribution in [0.2, 0.25) is 0 Å². The minimum atomic E-state index is -0.0931. The third-order valence-electron chi connectivity index (χ3n) is 6.44. The molecule has 6 heteroatoms. The maximum absolute atomic E-state index is 12.9. The molecule has 5 rings (SSSR count). The number of nitrogens with zero attached hydrogens (tertiary/aromatic N) is 3. The molecule has 0 saturated carbocycles. The van der Waals surface area contributed by atoms with Crippen molar-refractivity contribution in [2.45, 2.75) is 39.4 Å². The number of fused-ring (bicyclic) bond motifs is 2. The second-order valence-electron chi connectivity index (χ2n) is 8.42. The number of aryl methyl sites for hydroxylation is 2. The van der Waals surface area contributed by atoms with Crippen LogP contribution in [0, 0.1) is 0 Å². The predicted molar refractivity (Wildman–Crippen MR) is 133 cm³/mol. The van der Waals surface area contributed by atoms with E-state index in [1.807, 2.05) is 49.4 Å². The van der Waals surface area contributed by atoms with Gasteiger partial charge in [0, 0.05) is 44.0 Å². The van der Waals surface area contributed by atoms with Crippen LogP contribution in [0.25, 0.3) is 11.0 Å². The normalized spacial score (nSPS) is 12.8. The Kier molecular flexibility index (Phi) is 5.73. The highest BCUT2D eigenvalue weighted by atomic mass is 16.2. The Morgan fingerprint density at radius 1 is 0.909 bits per heavy atom. The van der Waals surface area contributed by atoms with Gasteiger partial charge in [0.25, 0.3) is 0 Å². The molecule has 2 heterocycles. The molecule has 33 heavy (non-hydrogen) atoms. The zero-order valence-corrected chi connectivity index (χ0v) is 18.8. The summed E-state index contributed by atoms with van der Waals surface area (Å²) < 4.78 is 3.45. The van der Waals surface area contributed by atoms with E-state index in [0.29, 0.717) is 13.1 Å². The molecule has 6 nitrogen and oxygen atoms in total. The number of amides is 1. The van der Waals surface area contributed by atoms with Gasteiger partial charge in [-0.25, -0.2) is 4.79 Å². The molecular formula is C27H28N4O2. The highest BCUT2D eigenvalue weighted by molar-refractivity contribution is 5.91. The fourth-order valence-electron chi connectivity index (χ4n) is 4.78. The zero-order chi connectivity index (χ0) is 22.8. The van der Waals surface area contributed by atoms with Crippen molar-refractivity contribution in [3.8, 4) is 0 Å². The van der Waals surface area contributed by atoms with Crippen LogP contribution in [-0.2, 0) is 30.8 Å². The molecule has 0 spiro atoms. The average molecular weight is 441 g/mol. The van der Waals surface area contributed by atoms with Gasteiger partial charge < -0.3 is 10.2 Å². The number of para-hydroxylation sites is 4. The van der Waals surface area contributed by atoms with Gasteiger partial charge in [-0.2, -0.15) is 0 Å². The summed E-state index contributed by atoms with van der Waals surface area (Å²) in [6.07, 6.45) is 1.28. The lowest BCUT2D eigenvalue weighted by Crippen LogP contribution is -2.26. The van der Waals surface area contributed by atoms with Gasteiger partial charge in [-0.05, 0) is 48.7 Å². The number of carbonyl (C=O) groups is 1. The number of carbonyl (C=O) groups excluding carboxylic acids is 1. The van der Waals surface area contributed by atoms with Crippen molar-refractivity contribution in [3.05, 3.63) is 94.4 Å². The SMILES string of the molecule is CCn1c(=O)n(CCC(=O)Nc2ccccc2CN2CCc3ccccc32)c2ccccc21. The van der Waals surface area contributed by atoms with Crippen LogP contribution in [0.3, 0.4) is 0 Å². The van der Waals surface area contributed by atoms with Crippen molar-refractivity contribution in [3.63, 3.8) is 0 Å². The van der Waals surface area contributed by atoms with Crippen molar-refractivity contribution < 1.29 is 4.79 Å². The third-order valence-corrected chi connectivity index (χ3v) is 6.44. The van der Waals surface area contributed by atoms with Crippen molar-refractivity contribution in [2.75, 3.05) is 16.8 Å². The highest BCUT2D eigenvalue weighted by Crippen LogP contribution is 2.30. The predicted octanol–water partition coefficient (Wildman–Crippen LogP) is 4.41. The smallest absolute Gasteiger partial charge is 0.329 e. The van der Waals surface area contributed by atoms with Crippen LogP contribution < -0.4 is 15.9 Å². The van der Waals surface area contributed by atoms with Gasteiger partial charge in [0.15, 0.2) is 0 Å². The summed E-state index contributed by atoms with van der Waals surface area (Å²) >= 11 is 0. The van der Waals surface area contributed by atoms with Gasteiger partial charge in [0.2, 0.25) is 5.91 Å². The van der Waals surface area contributed by atoms with E-state index in [9.17, 15) is 9.59 Å². The summed E-state index contributed by atoms with van der Waals surface area (Å²) in [7, 11) is 0. The Hall–Kier alpha value is -3.80. The van der Waals surface area contributed by atoms with Crippen LogP contribution in [0.1, 0.15) is 24.5 Å². The van der Waals surface area contributed by atoms with Crippen LogP contribution in [0.5, 0.6) is 0 Å². The molecule has 1 aromatic heterocycles. The molecule has 0 aliphatic carbocycles. The molecule has 1 aliphatic heterocycles. The van der Waals surface area contributed by atoms with Gasteiger partial charge in [-0.1, -0.05) is 48.5 Å². The van der Waals surface area contributed by atoms with Crippen molar-refractivity contribution >= 4 is 28.3 Å². The monoisotopic (exact) mass is 440 g/mol. The van der Waals surface area contributed by atoms with Gasteiger partial charge in [-0.3, -0.25) is 13.9 Å². The maximum Gasteiger partial charge on any atom is 0.329 e. The van der Waals surface area contributed by atoms with Crippen LogP contribution in [-0.4, -0.2) is 21.6 Å². The molecule has 1 N–H and O–H groups in total. The molecule has 0 fully saturated rings. The van der Waals surface area contributed by atoms with E-state index < -0.39 is 0 Å². The topological polar surface area (TPSA) is 59.3 Å². The first kappa shape index (κ1) is 21.1. The molecule has 4 aromatic rings. The molecule has 3 aromatic carbocycles. The quantitative estimate of drug-likeness (QED) is 0.463. The van der Waals surface area contributed by atoms with Crippen molar-refractivity contribution in [1.29, 1.82) is 0 Å². The summed E-state index contributed by atoms with van der Waals surface area (Å²) in [5.74, 6) is -0.0931. The summed E-state index contributed by atoms with van der Waals surface area (Å²) in [5, 5.41) is 3.08. The van der Waals surface area contributed by atoms with E-state index in [-0.39, 0.29) is 18.0 Å². The van der Waals surface area contributed by atoms with E-state index in [2.05, 4.69) is 40.5 Å². The third kappa shape index (κ3) is 4.04. The van der Waals surface area contributed by atoms with E-state index >= 15 is 0 Å². The lowest BCUT2D eigenvalue weighted by molar-refractivity contribution is -0.116. The Labute approximate surface area is 193 Å². The Morgan fingerprint density at radius 3 is 2.42 bits per heavy atom. The first-order valence-corrected chi connectivity index (χ1v) is 11.5. The molecule has 0 bridgehead atoms. The van der Waals surface area contributed by atoms with Gasteiger partial charge in [0.05, 0.1) is 11.0 Å².